The molecule has 1 saturated heterocycles. The van der Waals surface area contributed by atoms with Crippen molar-refractivity contribution >= 4 is 5.91 Å². The van der Waals surface area contributed by atoms with Gasteiger partial charge in [-0.3, -0.25) is 4.79 Å². The van der Waals surface area contributed by atoms with E-state index in [1.165, 1.54) is 25.8 Å². The first kappa shape index (κ1) is 13.5. The summed E-state index contributed by atoms with van der Waals surface area (Å²) in [5, 5.41) is 3.51. The van der Waals surface area contributed by atoms with Gasteiger partial charge in [-0.2, -0.15) is 0 Å². The van der Waals surface area contributed by atoms with E-state index in [2.05, 4.69) is 17.1 Å². The molecule has 0 radical (unpaired) electrons. The number of carbonyl (C=O) groups excluding carboxylic acids is 1. The van der Waals surface area contributed by atoms with Crippen LogP contribution in [0.3, 0.4) is 0 Å². The summed E-state index contributed by atoms with van der Waals surface area (Å²) in [7, 11) is 0. The normalized spacial score (nSPS) is 25.0. The smallest absolute Gasteiger partial charge is 0.218 e. The fourth-order valence-electron chi connectivity index (χ4n) is 2.40. The minimum Gasteiger partial charge on any atom is -0.370 e. The Kier molecular flexibility index (Phi) is 5.77. The summed E-state index contributed by atoms with van der Waals surface area (Å²) in [5.41, 5.74) is 5.19. The van der Waals surface area contributed by atoms with E-state index in [4.69, 9.17) is 5.73 Å². The number of amides is 1. The number of primary amides is 1. The largest absolute Gasteiger partial charge is 0.370 e. The summed E-state index contributed by atoms with van der Waals surface area (Å²) < 4.78 is 0. The average Bonchev–Trinajstić information content (AvgIpc) is 2.41. The lowest BCUT2D eigenvalue weighted by molar-refractivity contribution is -0.118. The Bertz CT molecular complexity index is 220. The summed E-state index contributed by atoms with van der Waals surface area (Å²) in [6.07, 6.45) is 4.07. The van der Waals surface area contributed by atoms with Gasteiger partial charge in [-0.15, -0.1) is 0 Å². The van der Waals surface area contributed by atoms with Gasteiger partial charge < -0.3 is 16.0 Å². The number of hydrogen-bond acceptors (Lipinski definition) is 3. The lowest BCUT2D eigenvalue weighted by atomic mass is 10.1. The molecule has 0 aromatic heterocycles. The Labute approximate surface area is 98.6 Å². The van der Waals surface area contributed by atoms with Crippen LogP contribution in [0.4, 0.5) is 0 Å². The Hall–Kier alpha value is -0.610. The standard InChI is InChI=1S/C12H25N3O/c1-3-15-7-4-5-11(6-8-15)14-10(2)9-12(13)16/h10-11,14H,3-9H2,1-2H3,(H2,13,16). The molecule has 1 aliphatic rings. The van der Waals surface area contributed by atoms with E-state index in [9.17, 15) is 4.79 Å². The van der Waals surface area contributed by atoms with E-state index < -0.39 is 0 Å². The molecule has 0 aliphatic carbocycles. The third kappa shape index (κ3) is 4.94. The van der Waals surface area contributed by atoms with Crippen molar-refractivity contribution in [2.24, 2.45) is 5.73 Å². The van der Waals surface area contributed by atoms with Gasteiger partial charge in [-0.05, 0) is 45.8 Å². The molecule has 16 heavy (non-hydrogen) atoms. The second-order valence-corrected chi connectivity index (χ2v) is 4.80. The molecule has 1 amide bonds. The van der Waals surface area contributed by atoms with Gasteiger partial charge in [0.05, 0.1) is 0 Å². The monoisotopic (exact) mass is 227 g/mol. The number of likely N-dealkylation sites (tertiary alicyclic amines) is 1. The molecule has 0 aromatic carbocycles. The minimum absolute atomic E-state index is 0.204. The summed E-state index contributed by atoms with van der Waals surface area (Å²) in [5.74, 6) is -0.219. The summed E-state index contributed by atoms with van der Waals surface area (Å²) in [6, 6.07) is 0.751. The number of nitrogens with two attached hydrogens (primary N) is 1. The molecular formula is C12H25N3O. The highest BCUT2D eigenvalue weighted by Gasteiger charge is 2.17. The van der Waals surface area contributed by atoms with Crippen molar-refractivity contribution in [1.82, 2.24) is 10.2 Å². The molecule has 0 saturated carbocycles. The van der Waals surface area contributed by atoms with E-state index in [-0.39, 0.29) is 11.9 Å². The van der Waals surface area contributed by atoms with Gasteiger partial charge in [0.25, 0.3) is 0 Å². The number of hydrogen-bond donors (Lipinski definition) is 2. The predicted octanol–water partition coefficient (Wildman–Crippen LogP) is 0.714. The molecule has 1 aliphatic heterocycles. The van der Waals surface area contributed by atoms with Gasteiger partial charge >= 0.3 is 0 Å². The molecule has 0 aromatic rings. The first-order valence-electron chi connectivity index (χ1n) is 6.38. The van der Waals surface area contributed by atoms with Crippen LogP contribution in [0.1, 0.15) is 39.5 Å². The third-order valence-electron chi connectivity index (χ3n) is 3.30. The zero-order chi connectivity index (χ0) is 12.0. The molecule has 1 heterocycles. The Morgan fingerprint density at radius 3 is 2.88 bits per heavy atom. The molecule has 4 heteroatoms. The topological polar surface area (TPSA) is 58.4 Å². The molecule has 4 nitrogen and oxygen atoms in total. The first-order valence-corrected chi connectivity index (χ1v) is 6.38. The molecule has 0 spiro atoms. The number of nitrogens with zero attached hydrogens (tertiary/aromatic N) is 1. The van der Waals surface area contributed by atoms with Gasteiger partial charge in [0.15, 0.2) is 0 Å². The Balaban J connectivity index is 2.29. The van der Waals surface area contributed by atoms with E-state index in [1.54, 1.807) is 0 Å². The van der Waals surface area contributed by atoms with Gasteiger partial charge in [0.2, 0.25) is 5.91 Å². The molecule has 1 fully saturated rings. The highest BCUT2D eigenvalue weighted by atomic mass is 16.1. The SMILES string of the molecule is CCN1CCCC(NC(C)CC(N)=O)CC1. The maximum atomic E-state index is 10.8. The van der Waals surface area contributed by atoms with Crippen LogP contribution in [0.25, 0.3) is 0 Å². The fourth-order valence-corrected chi connectivity index (χ4v) is 2.40. The number of rotatable bonds is 5. The van der Waals surface area contributed by atoms with E-state index >= 15 is 0 Å². The van der Waals surface area contributed by atoms with Crippen LogP contribution in [0, 0.1) is 0 Å². The van der Waals surface area contributed by atoms with Gasteiger partial charge in [0.1, 0.15) is 0 Å². The van der Waals surface area contributed by atoms with Crippen LogP contribution in [0.15, 0.2) is 0 Å². The lowest BCUT2D eigenvalue weighted by Gasteiger charge is -2.21. The number of nitrogens with one attached hydrogen (secondary N) is 1. The van der Waals surface area contributed by atoms with Crippen molar-refractivity contribution < 1.29 is 4.79 Å². The fraction of sp³-hybridized carbons (Fsp3) is 0.917. The molecule has 0 bridgehead atoms. The Morgan fingerprint density at radius 2 is 2.25 bits per heavy atom. The average molecular weight is 227 g/mol. The van der Waals surface area contributed by atoms with E-state index in [0.717, 1.165) is 13.1 Å². The quantitative estimate of drug-likeness (QED) is 0.727. The first-order chi connectivity index (χ1) is 7.61. The maximum absolute atomic E-state index is 10.8. The summed E-state index contributed by atoms with van der Waals surface area (Å²) >= 11 is 0. The van der Waals surface area contributed by atoms with Crippen LogP contribution in [-0.4, -0.2) is 42.5 Å². The lowest BCUT2D eigenvalue weighted by Crippen LogP contribution is -2.39. The van der Waals surface area contributed by atoms with Crippen molar-refractivity contribution in [3.63, 3.8) is 0 Å². The zero-order valence-corrected chi connectivity index (χ0v) is 10.5. The predicted molar refractivity (Wildman–Crippen MR) is 66.2 cm³/mol. The van der Waals surface area contributed by atoms with Gasteiger partial charge in [-0.25, -0.2) is 0 Å². The molecular weight excluding hydrogens is 202 g/mol. The molecule has 94 valence electrons. The van der Waals surface area contributed by atoms with Crippen molar-refractivity contribution in [3.8, 4) is 0 Å². The molecule has 1 rings (SSSR count). The molecule has 2 unspecified atom stereocenters. The van der Waals surface area contributed by atoms with Crippen molar-refractivity contribution in [2.75, 3.05) is 19.6 Å². The van der Waals surface area contributed by atoms with Crippen LogP contribution in [0.2, 0.25) is 0 Å². The summed E-state index contributed by atoms with van der Waals surface area (Å²) in [6.45, 7) is 7.76. The highest BCUT2D eigenvalue weighted by Crippen LogP contribution is 2.11. The van der Waals surface area contributed by atoms with E-state index in [0.29, 0.717) is 12.5 Å². The number of carbonyl (C=O) groups is 1. The van der Waals surface area contributed by atoms with Gasteiger partial charge in [-0.1, -0.05) is 6.92 Å². The van der Waals surface area contributed by atoms with Crippen LogP contribution >= 0.6 is 0 Å². The second-order valence-electron chi connectivity index (χ2n) is 4.80. The van der Waals surface area contributed by atoms with Crippen molar-refractivity contribution in [2.45, 2.75) is 51.6 Å². The summed E-state index contributed by atoms with van der Waals surface area (Å²) in [4.78, 5) is 13.3. The maximum Gasteiger partial charge on any atom is 0.218 e. The molecule has 3 N–H and O–H groups in total. The van der Waals surface area contributed by atoms with Crippen LogP contribution in [0.5, 0.6) is 0 Å². The van der Waals surface area contributed by atoms with Crippen molar-refractivity contribution in [1.29, 1.82) is 0 Å². The third-order valence-corrected chi connectivity index (χ3v) is 3.30. The minimum atomic E-state index is -0.219. The van der Waals surface area contributed by atoms with Crippen LogP contribution in [-0.2, 0) is 4.79 Å². The zero-order valence-electron chi connectivity index (χ0n) is 10.5. The molecule has 2 atom stereocenters. The van der Waals surface area contributed by atoms with Crippen molar-refractivity contribution in [3.05, 3.63) is 0 Å². The Morgan fingerprint density at radius 1 is 1.50 bits per heavy atom. The highest BCUT2D eigenvalue weighted by molar-refractivity contribution is 5.74. The van der Waals surface area contributed by atoms with E-state index in [1.807, 2.05) is 6.92 Å². The van der Waals surface area contributed by atoms with Gasteiger partial charge in [0, 0.05) is 18.5 Å². The second kappa shape index (κ2) is 6.86. The van der Waals surface area contributed by atoms with Crippen LogP contribution < -0.4 is 11.1 Å².